The zero-order valence-electron chi connectivity index (χ0n) is 11.8. The fraction of sp³-hybridized carbons (Fsp3) is 0.571. The van der Waals surface area contributed by atoms with E-state index in [2.05, 4.69) is 13.8 Å². The van der Waals surface area contributed by atoms with Gasteiger partial charge in [0.15, 0.2) is 0 Å². The van der Waals surface area contributed by atoms with Gasteiger partial charge in [-0.25, -0.2) is 0 Å². The highest BCUT2D eigenvalue weighted by Crippen LogP contribution is 2.40. The molecule has 1 aliphatic rings. The second kappa shape index (κ2) is 4.71. The number of ether oxygens (including phenoxy) is 1. The number of hydrogen-bond donors (Lipinski definition) is 0. The molecular formula is C14H20O4S. The highest BCUT2D eigenvalue weighted by molar-refractivity contribution is 7.87. The molecule has 0 amide bonds. The minimum atomic E-state index is -3.56. The van der Waals surface area contributed by atoms with Crippen LogP contribution in [0.4, 0.5) is 0 Å². The predicted molar refractivity (Wildman–Crippen MR) is 74.3 cm³/mol. The first kappa shape index (κ1) is 14.2. The molecule has 0 aromatic heterocycles. The van der Waals surface area contributed by atoms with Gasteiger partial charge in [0.05, 0.1) is 11.9 Å². The van der Waals surface area contributed by atoms with Gasteiger partial charge in [-0.3, -0.25) is 0 Å². The van der Waals surface area contributed by atoms with Gasteiger partial charge in [-0.2, -0.15) is 8.42 Å². The van der Waals surface area contributed by atoms with E-state index in [1.807, 2.05) is 6.92 Å². The highest BCUT2D eigenvalue weighted by Gasteiger charge is 2.32. The Kier molecular flexibility index (Phi) is 3.51. The van der Waals surface area contributed by atoms with Gasteiger partial charge in [0.1, 0.15) is 11.5 Å². The number of benzene rings is 1. The molecule has 0 saturated carbocycles. The summed E-state index contributed by atoms with van der Waals surface area (Å²) in [5.41, 5.74) is 0.874. The van der Waals surface area contributed by atoms with Crippen LogP contribution in [0.15, 0.2) is 18.2 Å². The van der Waals surface area contributed by atoms with Crippen LogP contribution in [0, 0.1) is 0 Å². The average Bonchev–Trinajstić information content (AvgIpc) is 2.64. The lowest BCUT2D eigenvalue weighted by atomic mass is 9.87. The molecule has 0 aliphatic carbocycles. The first-order valence-electron chi connectivity index (χ1n) is 6.47. The lowest BCUT2D eigenvalue weighted by Crippen LogP contribution is -2.22. The third kappa shape index (κ3) is 2.71. The van der Waals surface area contributed by atoms with Crippen molar-refractivity contribution in [2.24, 2.45) is 0 Å². The monoisotopic (exact) mass is 284 g/mol. The zero-order valence-corrected chi connectivity index (χ0v) is 12.6. The van der Waals surface area contributed by atoms with Crippen LogP contribution >= 0.6 is 0 Å². The van der Waals surface area contributed by atoms with Crippen LogP contribution in [0.2, 0.25) is 0 Å². The standard InChI is InChI=1S/C14H20O4S/c1-5-10(2)19(15,16)18-11-6-7-13-12(8-11)14(3,4)9-17-13/h6-8,10H,5,9H2,1-4H3. The minimum Gasteiger partial charge on any atom is -0.492 e. The maximum atomic E-state index is 11.9. The van der Waals surface area contributed by atoms with Crippen molar-refractivity contribution in [1.29, 1.82) is 0 Å². The molecule has 1 aromatic rings. The normalized spacial score (nSPS) is 18.5. The molecule has 1 aliphatic heterocycles. The van der Waals surface area contributed by atoms with E-state index >= 15 is 0 Å². The maximum absolute atomic E-state index is 11.9. The third-order valence-corrected chi connectivity index (χ3v) is 5.29. The molecule has 1 aromatic carbocycles. The molecule has 1 heterocycles. The van der Waals surface area contributed by atoms with Crippen LogP contribution in [0.3, 0.4) is 0 Å². The molecule has 19 heavy (non-hydrogen) atoms. The molecule has 106 valence electrons. The zero-order chi connectivity index (χ0) is 14.3. The first-order chi connectivity index (χ1) is 8.76. The topological polar surface area (TPSA) is 52.6 Å². The number of fused-ring (bicyclic) bond motifs is 1. The Labute approximate surface area is 114 Å². The van der Waals surface area contributed by atoms with Crippen molar-refractivity contribution >= 4 is 10.1 Å². The summed E-state index contributed by atoms with van der Waals surface area (Å²) in [4.78, 5) is 0. The van der Waals surface area contributed by atoms with Gasteiger partial charge in [-0.05, 0) is 31.5 Å². The molecule has 0 spiro atoms. The van der Waals surface area contributed by atoms with Crippen molar-refractivity contribution in [3.05, 3.63) is 23.8 Å². The van der Waals surface area contributed by atoms with Gasteiger partial charge in [0.25, 0.3) is 0 Å². The van der Waals surface area contributed by atoms with E-state index in [4.69, 9.17) is 8.92 Å². The summed E-state index contributed by atoms with van der Waals surface area (Å²) < 4.78 is 34.6. The summed E-state index contributed by atoms with van der Waals surface area (Å²) in [6.45, 7) is 8.20. The summed E-state index contributed by atoms with van der Waals surface area (Å²) in [7, 11) is -3.56. The minimum absolute atomic E-state index is 0.116. The molecule has 0 N–H and O–H groups in total. The van der Waals surface area contributed by atoms with Crippen molar-refractivity contribution < 1.29 is 17.3 Å². The third-order valence-electron chi connectivity index (χ3n) is 3.55. The van der Waals surface area contributed by atoms with Crippen molar-refractivity contribution in [1.82, 2.24) is 0 Å². The quantitative estimate of drug-likeness (QED) is 0.798. The second-order valence-corrected chi connectivity index (χ2v) is 7.58. The van der Waals surface area contributed by atoms with E-state index in [0.29, 0.717) is 18.8 Å². The summed E-state index contributed by atoms with van der Waals surface area (Å²) >= 11 is 0. The molecule has 0 saturated heterocycles. The fourth-order valence-corrected chi connectivity index (χ4v) is 2.92. The van der Waals surface area contributed by atoms with E-state index in [-0.39, 0.29) is 5.41 Å². The van der Waals surface area contributed by atoms with Gasteiger partial charge in [0, 0.05) is 11.0 Å². The molecule has 1 unspecified atom stereocenters. The fourth-order valence-electron chi connectivity index (χ4n) is 1.97. The van der Waals surface area contributed by atoms with Gasteiger partial charge in [0.2, 0.25) is 0 Å². The van der Waals surface area contributed by atoms with E-state index in [9.17, 15) is 8.42 Å². The molecule has 5 heteroatoms. The molecule has 4 nitrogen and oxygen atoms in total. The molecule has 1 atom stereocenters. The largest absolute Gasteiger partial charge is 0.492 e. The van der Waals surface area contributed by atoms with Crippen molar-refractivity contribution in [3.63, 3.8) is 0 Å². The van der Waals surface area contributed by atoms with E-state index < -0.39 is 15.4 Å². The van der Waals surface area contributed by atoms with Gasteiger partial charge >= 0.3 is 10.1 Å². The number of hydrogen-bond acceptors (Lipinski definition) is 4. The Hall–Kier alpha value is -1.23. The number of rotatable bonds is 4. The Bertz CT molecular complexity index is 575. The SMILES string of the molecule is CCC(C)S(=O)(=O)Oc1ccc2c(c1)C(C)(C)CO2. The first-order valence-corrected chi connectivity index (χ1v) is 7.94. The van der Waals surface area contributed by atoms with Crippen molar-refractivity contribution in [2.45, 2.75) is 44.8 Å². The molecule has 0 bridgehead atoms. The van der Waals surface area contributed by atoms with Crippen molar-refractivity contribution in [2.75, 3.05) is 6.61 Å². The average molecular weight is 284 g/mol. The maximum Gasteiger partial charge on any atom is 0.311 e. The van der Waals surface area contributed by atoms with E-state index in [1.165, 1.54) is 0 Å². The van der Waals surface area contributed by atoms with Crippen LogP contribution in [0.1, 0.15) is 39.7 Å². The summed E-state index contributed by atoms with van der Waals surface area (Å²) in [6, 6.07) is 5.17. The molecule has 2 rings (SSSR count). The van der Waals surface area contributed by atoms with Crippen LogP contribution in [-0.2, 0) is 15.5 Å². The Morgan fingerprint density at radius 2 is 2.11 bits per heavy atom. The van der Waals surface area contributed by atoms with E-state index in [1.54, 1.807) is 25.1 Å². The Morgan fingerprint density at radius 1 is 1.42 bits per heavy atom. The summed E-state index contributed by atoms with van der Waals surface area (Å²) in [5.74, 6) is 1.16. The Morgan fingerprint density at radius 3 is 2.74 bits per heavy atom. The lowest BCUT2D eigenvalue weighted by molar-refractivity contribution is 0.291. The molecule has 0 radical (unpaired) electrons. The Balaban J connectivity index is 2.30. The van der Waals surface area contributed by atoms with Crippen molar-refractivity contribution in [3.8, 4) is 11.5 Å². The molecule has 0 fully saturated rings. The smallest absolute Gasteiger partial charge is 0.311 e. The van der Waals surface area contributed by atoms with Gasteiger partial charge in [-0.15, -0.1) is 0 Å². The lowest BCUT2D eigenvalue weighted by Gasteiger charge is -2.16. The predicted octanol–water partition coefficient (Wildman–Crippen LogP) is 2.86. The van der Waals surface area contributed by atoms with Gasteiger partial charge in [-0.1, -0.05) is 20.8 Å². The molecular weight excluding hydrogens is 264 g/mol. The van der Waals surface area contributed by atoms with Crippen LogP contribution in [0.25, 0.3) is 0 Å². The van der Waals surface area contributed by atoms with E-state index in [0.717, 1.165) is 11.3 Å². The van der Waals surface area contributed by atoms with Gasteiger partial charge < -0.3 is 8.92 Å². The summed E-state index contributed by atoms with van der Waals surface area (Å²) in [5, 5.41) is -0.509. The van der Waals surface area contributed by atoms with Crippen LogP contribution in [-0.4, -0.2) is 20.3 Å². The van der Waals surface area contributed by atoms with Crippen LogP contribution < -0.4 is 8.92 Å². The second-order valence-electron chi connectivity index (χ2n) is 5.63. The van der Waals surface area contributed by atoms with Crippen LogP contribution in [0.5, 0.6) is 11.5 Å². The highest BCUT2D eigenvalue weighted by atomic mass is 32.2. The summed E-state index contributed by atoms with van der Waals surface area (Å²) in [6.07, 6.45) is 0.530.